The van der Waals surface area contributed by atoms with Crippen molar-refractivity contribution >= 4 is 11.8 Å². The molecule has 0 saturated carbocycles. The highest BCUT2D eigenvalue weighted by atomic mass is 16.2. The molecule has 0 rings (SSSR count). The van der Waals surface area contributed by atoms with Crippen LogP contribution in [-0.2, 0) is 9.59 Å². The standard InChI is InChI=1S/C14H29N3O2/c1-3-5-7-9-11(15)14(19)17-12(13(16)18)10-8-6-4-2/h11-12H,3-10,15H2,1-2H3,(H2,16,18)(H,17,19)/t11-,12-/m0/s1. The summed E-state index contributed by atoms with van der Waals surface area (Å²) in [6.07, 6.45) is 7.32. The Morgan fingerprint density at radius 1 is 1.00 bits per heavy atom. The van der Waals surface area contributed by atoms with Crippen molar-refractivity contribution in [2.24, 2.45) is 11.5 Å². The molecule has 0 aliphatic rings. The molecule has 0 bridgehead atoms. The lowest BCUT2D eigenvalue weighted by Gasteiger charge is -2.18. The van der Waals surface area contributed by atoms with Crippen LogP contribution in [0.4, 0.5) is 0 Å². The van der Waals surface area contributed by atoms with Gasteiger partial charge >= 0.3 is 0 Å². The van der Waals surface area contributed by atoms with Crippen LogP contribution in [0, 0.1) is 0 Å². The fourth-order valence-corrected chi connectivity index (χ4v) is 1.91. The van der Waals surface area contributed by atoms with E-state index in [0.29, 0.717) is 12.8 Å². The van der Waals surface area contributed by atoms with E-state index in [1.165, 1.54) is 0 Å². The average molecular weight is 271 g/mol. The van der Waals surface area contributed by atoms with E-state index in [0.717, 1.165) is 38.5 Å². The van der Waals surface area contributed by atoms with Crippen LogP contribution in [0.15, 0.2) is 0 Å². The number of primary amides is 1. The number of amides is 2. The maximum Gasteiger partial charge on any atom is 0.240 e. The normalized spacial score (nSPS) is 13.8. The highest BCUT2D eigenvalue weighted by molar-refractivity contribution is 5.88. The molecule has 19 heavy (non-hydrogen) atoms. The van der Waals surface area contributed by atoms with Gasteiger partial charge in [0.05, 0.1) is 6.04 Å². The largest absolute Gasteiger partial charge is 0.368 e. The first kappa shape index (κ1) is 17.9. The van der Waals surface area contributed by atoms with Crippen molar-refractivity contribution in [1.29, 1.82) is 0 Å². The number of nitrogens with one attached hydrogen (secondary N) is 1. The number of rotatable bonds is 11. The van der Waals surface area contributed by atoms with E-state index in [1.54, 1.807) is 0 Å². The van der Waals surface area contributed by atoms with Gasteiger partial charge in [-0.25, -0.2) is 0 Å². The summed E-state index contributed by atoms with van der Waals surface area (Å²) >= 11 is 0. The molecule has 0 aromatic carbocycles. The van der Waals surface area contributed by atoms with Crippen molar-refractivity contribution in [3.63, 3.8) is 0 Å². The van der Waals surface area contributed by atoms with Crippen molar-refractivity contribution in [2.75, 3.05) is 0 Å². The van der Waals surface area contributed by atoms with Gasteiger partial charge in [-0.2, -0.15) is 0 Å². The molecule has 0 spiro atoms. The zero-order chi connectivity index (χ0) is 14.7. The predicted octanol–water partition coefficient (Wildman–Crippen LogP) is 1.44. The molecule has 0 aromatic rings. The average Bonchev–Trinajstić information content (AvgIpc) is 2.37. The highest BCUT2D eigenvalue weighted by Gasteiger charge is 2.21. The van der Waals surface area contributed by atoms with E-state index in [9.17, 15) is 9.59 Å². The number of nitrogens with two attached hydrogens (primary N) is 2. The van der Waals surface area contributed by atoms with Crippen LogP contribution in [0.2, 0.25) is 0 Å². The van der Waals surface area contributed by atoms with Crippen molar-refractivity contribution in [3.05, 3.63) is 0 Å². The first-order valence-corrected chi connectivity index (χ1v) is 7.38. The zero-order valence-electron chi connectivity index (χ0n) is 12.3. The van der Waals surface area contributed by atoms with Crippen LogP contribution >= 0.6 is 0 Å². The Hall–Kier alpha value is -1.10. The Kier molecular flexibility index (Phi) is 10.2. The molecule has 2 atom stereocenters. The molecule has 0 aromatic heterocycles. The second kappa shape index (κ2) is 10.8. The van der Waals surface area contributed by atoms with Crippen LogP contribution in [0.3, 0.4) is 0 Å². The third-order valence-corrected chi connectivity index (χ3v) is 3.21. The molecule has 0 saturated heterocycles. The number of carbonyl (C=O) groups is 2. The summed E-state index contributed by atoms with van der Waals surface area (Å²) in [6, 6.07) is -1.13. The van der Waals surface area contributed by atoms with Crippen molar-refractivity contribution in [1.82, 2.24) is 5.32 Å². The van der Waals surface area contributed by atoms with Gasteiger partial charge in [0, 0.05) is 0 Å². The van der Waals surface area contributed by atoms with E-state index < -0.39 is 18.0 Å². The van der Waals surface area contributed by atoms with Gasteiger partial charge in [0.2, 0.25) is 11.8 Å². The Balaban J connectivity index is 4.11. The fraction of sp³-hybridized carbons (Fsp3) is 0.857. The molecule has 0 heterocycles. The summed E-state index contributed by atoms with van der Waals surface area (Å²) in [7, 11) is 0. The molecule has 2 amide bonds. The summed E-state index contributed by atoms with van der Waals surface area (Å²) in [5.41, 5.74) is 11.1. The molecule has 0 radical (unpaired) electrons. The molecule has 0 aliphatic heterocycles. The SMILES string of the molecule is CCCCC[C@H](NC(=O)[C@@H](N)CCCCC)C(N)=O. The van der Waals surface area contributed by atoms with E-state index in [2.05, 4.69) is 19.2 Å². The Morgan fingerprint density at radius 2 is 1.53 bits per heavy atom. The van der Waals surface area contributed by atoms with Crippen LogP contribution in [-0.4, -0.2) is 23.9 Å². The highest BCUT2D eigenvalue weighted by Crippen LogP contribution is 2.05. The van der Waals surface area contributed by atoms with Gasteiger partial charge in [-0.05, 0) is 12.8 Å². The monoisotopic (exact) mass is 271 g/mol. The Bertz CT molecular complexity index is 269. The first-order valence-electron chi connectivity index (χ1n) is 7.38. The first-order chi connectivity index (χ1) is 9.02. The molecule has 0 fully saturated rings. The fourth-order valence-electron chi connectivity index (χ4n) is 1.91. The zero-order valence-corrected chi connectivity index (χ0v) is 12.3. The Labute approximate surface area is 116 Å². The smallest absolute Gasteiger partial charge is 0.240 e. The van der Waals surface area contributed by atoms with Gasteiger partial charge in [-0.1, -0.05) is 52.4 Å². The molecule has 0 aliphatic carbocycles. The Morgan fingerprint density at radius 3 is 2.00 bits per heavy atom. The maximum absolute atomic E-state index is 11.8. The molecular weight excluding hydrogens is 242 g/mol. The second-order valence-electron chi connectivity index (χ2n) is 5.06. The summed E-state index contributed by atoms with van der Waals surface area (Å²) in [5.74, 6) is -0.749. The lowest BCUT2D eigenvalue weighted by atomic mass is 10.1. The van der Waals surface area contributed by atoms with E-state index >= 15 is 0 Å². The number of hydrogen-bond acceptors (Lipinski definition) is 3. The minimum atomic E-state index is -0.587. The van der Waals surface area contributed by atoms with Crippen LogP contribution < -0.4 is 16.8 Å². The van der Waals surface area contributed by atoms with Crippen LogP contribution in [0.25, 0.3) is 0 Å². The van der Waals surface area contributed by atoms with E-state index in [-0.39, 0.29) is 5.91 Å². The van der Waals surface area contributed by atoms with Crippen molar-refractivity contribution in [2.45, 2.75) is 77.3 Å². The number of carbonyl (C=O) groups excluding carboxylic acids is 2. The lowest BCUT2D eigenvalue weighted by Crippen LogP contribution is -2.50. The van der Waals surface area contributed by atoms with E-state index in [4.69, 9.17) is 11.5 Å². The summed E-state index contributed by atoms with van der Waals surface area (Å²) in [5, 5.41) is 2.66. The van der Waals surface area contributed by atoms with Crippen LogP contribution in [0.1, 0.15) is 65.2 Å². The lowest BCUT2D eigenvalue weighted by molar-refractivity contribution is -0.128. The second-order valence-corrected chi connectivity index (χ2v) is 5.06. The van der Waals surface area contributed by atoms with Gasteiger partial charge < -0.3 is 16.8 Å². The molecule has 5 nitrogen and oxygen atoms in total. The maximum atomic E-state index is 11.8. The third-order valence-electron chi connectivity index (χ3n) is 3.21. The summed E-state index contributed by atoms with van der Waals surface area (Å²) in [4.78, 5) is 23.1. The minimum Gasteiger partial charge on any atom is -0.368 e. The van der Waals surface area contributed by atoms with Gasteiger partial charge in [0.15, 0.2) is 0 Å². The summed E-state index contributed by atoms with van der Waals surface area (Å²) < 4.78 is 0. The van der Waals surface area contributed by atoms with E-state index in [1.807, 2.05) is 0 Å². The van der Waals surface area contributed by atoms with Gasteiger partial charge in [-0.15, -0.1) is 0 Å². The molecule has 112 valence electrons. The van der Waals surface area contributed by atoms with Gasteiger partial charge in [0.1, 0.15) is 6.04 Å². The predicted molar refractivity (Wildman–Crippen MR) is 77.4 cm³/mol. The van der Waals surface area contributed by atoms with Crippen LogP contribution in [0.5, 0.6) is 0 Å². The summed E-state index contributed by atoms with van der Waals surface area (Å²) in [6.45, 7) is 4.18. The quantitative estimate of drug-likeness (QED) is 0.496. The minimum absolute atomic E-state index is 0.267. The molecular formula is C14H29N3O2. The topological polar surface area (TPSA) is 98.2 Å². The van der Waals surface area contributed by atoms with Crippen molar-refractivity contribution < 1.29 is 9.59 Å². The molecule has 0 unspecified atom stereocenters. The number of unbranched alkanes of at least 4 members (excludes halogenated alkanes) is 4. The molecule has 5 N–H and O–H groups in total. The number of hydrogen-bond donors (Lipinski definition) is 3. The van der Waals surface area contributed by atoms with Gasteiger partial charge in [0.25, 0.3) is 0 Å². The molecule has 5 heteroatoms. The van der Waals surface area contributed by atoms with Gasteiger partial charge in [-0.3, -0.25) is 9.59 Å². The van der Waals surface area contributed by atoms with Crippen molar-refractivity contribution in [3.8, 4) is 0 Å². The third kappa shape index (κ3) is 8.59.